The lowest BCUT2D eigenvalue weighted by molar-refractivity contribution is -0.130. The van der Waals surface area contributed by atoms with Crippen molar-refractivity contribution in [2.24, 2.45) is 0 Å². The van der Waals surface area contributed by atoms with Crippen molar-refractivity contribution >= 4 is 27.7 Å². The molecule has 2 heterocycles. The molecule has 6 heteroatoms. The van der Waals surface area contributed by atoms with Crippen LogP contribution in [0.4, 0.5) is 0 Å². The van der Waals surface area contributed by atoms with Crippen LogP contribution >= 0.6 is 15.9 Å². The lowest BCUT2D eigenvalue weighted by Gasteiger charge is -2.31. The van der Waals surface area contributed by atoms with Crippen molar-refractivity contribution in [3.63, 3.8) is 0 Å². The van der Waals surface area contributed by atoms with E-state index in [4.69, 9.17) is 0 Å². The van der Waals surface area contributed by atoms with Gasteiger partial charge in [-0.25, -0.2) is 4.98 Å². The molecule has 0 radical (unpaired) electrons. The molecule has 0 aliphatic carbocycles. The van der Waals surface area contributed by atoms with Crippen molar-refractivity contribution in [3.8, 4) is 0 Å². The third-order valence-corrected chi connectivity index (χ3v) is 4.15. The average Bonchev–Trinajstić information content (AvgIpc) is 2.47. The summed E-state index contributed by atoms with van der Waals surface area (Å²) in [5, 5.41) is 0. The summed E-state index contributed by atoms with van der Waals surface area (Å²) in [6.07, 6.45) is 3.32. The number of carbonyl (C=O) groups excluding carboxylic acids is 2. The van der Waals surface area contributed by atoms with Crippen LogP contribution in [0, 0.1) is 0 Å². The van der Waals surface area contributed by atoms with Gasteiger partial charge >= 0.3 is 0 Å². The maximum absolute atomic E-state index is 12.6. The zero-order valence-corrected chi connectivity index (χ0v) is 12.9. The van der Waals surface area contributed by atoms with Crippen LogP contribution < -0.4 is 0 Å². The Hall–Kier alpha value is -2.08. The third kappa shape index (κ3) is 2.35. The molecule has 0 saturated carbocycles. The molecule has 2 amide bonds. The Morgan fingerprint density at radius 1 is 1.19 bits per heavy atom. The molecule has 21 heavy (non-hydrogen) atoms. The van der Waals surface area contributed by atoms with E-state index in [-0.39, 0.29) is 18.2 Å². The molecule has 1 atom stereocenters. The fourth-order valence-corrected chi connectivity index (χ4v) is 3.05. The molecule has 2 aromatic rings. The van der Waals surface area contributed by atoms with Crippen LogP contribution in [-0.2, 0) is 11.2 Å². The molecule has 0 spiro atoms. The average molecular weight is 346 g/mol. The Balaban J connectivity index is 2.02. The minimum atomic E-state index is -0.471. The lowest BCUT2D eigenvalue weighted by atomic mass is 9.97. The van der Waals surface area contributed by atoms with E-state index in [1.807, 2.05) is 12.1 Å². The number of halogens is 1. The number of hydrogen-bond acceptors (Lipinski definition) is 4. The minimum Gasteiger partial charge on any atom is -0.274 e. The number of hydrogen-bond donors (Lipinski definition) is 0. The van der Waals surface area contributed by atoms with E-state index in [1.165, 1.54) is 4.90 Å². The molecule has 106 valence electrons. The second kappa shape index (κ2) is 5.37. The number of amides is 2. The van der Waals surface area contributed by atoms with E-state index in [0.717, 1.165) is 5.56 Å². The summed E-state index contributed by atoms with van der Waals surface area (Å²) in [4.78, 5) is 34.5. The number of nitrogens with zero attached hydrogens (tertiary/aromatic N) is 3. The normalized spacial score (nSPS) is 15.8. The van der Waals surface area contributed by atoms with Gasteiger partial charge in [-0.2, -0.15) is 0 Å². The van der Waals surface area contributed by atoms with Crippen molar-refractivity contribution in [2.45, 2.75) is 19.4 Å². The summed E-state index contributed by atoms with van der Waals surface area (Å²) in [7, 11) is 0. The smallest absolute Gasteiger partial charge is 0.261 e. The van der Waals surface area contributed by atoms with Gasteiger partial charge in [0.1, 0.15) is 4.60 Å². The van der Waals surface area contributed by atoms with Gasteiger partial charge in [0.25, 0.3) is 5.91 Å². The summed E-state index contributed by atoms with van der Waals surface area (Å²) in [5.74, 6) is -0.504. The number of carbonyl (C=O) groups is 2. The van der Waals surface area contributed by atoms with Crippen LogP contribution in [0.25, 0.3) is 0 Å². The summed E-state index contributed by atoms with van der Waals surface area (Å²) in [5.41, 5.74) is 1.91. The number of fused-ring (bicyclic) bond motifs is 1. The Bertz CT molecular complexity index is 732. The molecule has 3 rings (SSSR count). The SMILES string of the molecule is CC(c1nccnc1Br)N1C(=O)Cc2ccccc2C1=O. The van der Waals surface area contributed by atoms with Gasteiger partial charge in [-0.15, -0.1) is 0 Å². The molecule has 5 nitrogen and oxygen atoms in total. The van der Waals surface area contributed by atoms with Crippen LogP contribution in [0.15, 0.2) is 41.3 Å². The predicted octanol–water partition coefficient (Wildman–Crippen LogP) is 2.53. The van der Waals surface area contributed by atoms with Gasteiger partial charge in [0.15, 0.2) is 0 Å². The van der Waals surface area contributed by atoms with Crippen LogP contribution in [0.2, 0.25) is 0 Å². The highest BCUT2D eigenvalue weighted by molar-refractivity contribution is 9.10. The van der Waals surface area contributed by atoms with Gasteiger partial charge in [0.2, 0.25) is 5.91 Å². The van der Waals surface area contributed by atoms with Crippen LogP contribution in [0.3, 0.4) is 0 Å². The Kier molecular flexibility index (Phi) is 3.55. The molecule has 0 saturated heterocycles. The van der Waals surface area contributed by atoms with Gasteiger partial charge < -0.3 is 0 Å². The fourth-order valence-electron chi connectivity index (χ4n) is 2.50. The first-order chi connectivity index (χ1) is 10.1. The third-order valence-electron chi connectivity index (χ3n) is 3.54. The number of aromatic nitrogens is 2. The highest BCUT2D eigenvalue weighted by atomic mass is 79.9. The van der Waals surface area contributed by atoms with Crippen LogP contribution in [0.1, 0.15) is 34.6 Å². The van der Waals surface area contributed by atoms with Gasteiger partial charge in [-0.3, -0.25) is 19.5 Å². The van der Waals surface area contributed by atoms with Crippen LogP contribution in [-0.4, -0.2) is 26.7 Å². The quantitative estimate of drug-likeness (QED) is 0.784. The lowest BCUT2D eigenvalue weighted by Crippen LogP contribution is -2.44. The number of imide groups is 1. The first-order valence-corrected chi connectivity index (χ1v) is 7.29. The molecule has 1 aliphatic rings. The highest BCUT2D eigenvalue weighted by Gasteiger charge is 2.35. The number of benzene rings is 1. The van der Waals surface area contributed by atoms with Crippen molar-refractivity contribution in [1.82, 2.24) is 14.9 Å². The summed E-state index contributed by atoms with van der Waals surface area (Å²) in [6.45, 7) is 1.78. The van der Waals surface area contributed by atoms with E-state index < -0.39 is 6.04 Å². The standard InChI is InChI=1S/C15H12BrN3O2/c1-9(13-14(16)18-7-6-17-13)19-12(20)8-10-4-2-3-5-11(10)15(19)21/h2-7,9H,8H2,1H3. The maximum atomic E-state index is 12.6. The summed E-state index contributed by atoms with van der Waals surface area (Å²) >= 11 is 3.31. The molecular weight excluding hydrogens is 334 g/mol. The maximum Gasteiger partial charge on any atom is 0.261 e. The Morgan fingerprint density at radius 3 is 2.67 bits per heavy atom. The molecular formula is C15H12BrN3O2. The van der Waals surface area contributed by atoms with E-state index >= 15 is 0 Å². The zero-order valence-electron chi connectivity index (χ0n) is 11.3. The Labute approximate surface area is 130 Å². The Morgan fingerprint density at radius 2 is 1.90 bits per heavy atom. The van der Waals surface area contributed by atoms with Crippen LogP contribution in [0.5, 0.6) is 0 Å². The molecule has 0 fully saturated rings. The first-order valence-electron chi connectivity index (χ1n) is 6.50. The van der Waals surface area contributed by atoms with Crippen molar-refractivity contribution in [2.75, 3.05) is 0 Å². The summed E-state index contributed by atoms with van der Waals surface area (Å²) in [6, 6.07) is 6.72. The molecule has 1 unspecified atom stereocenters. The minimum absolute atomic E-state index is 0.219. The number of rotatable bonds is 2. The predicted molar refractivity (Wildman–Crippen MR) is 79.5 cm³/mol. The second-order valence-electron chi connectivity index (χ2n) is 4.81. The van der Waals surface area contributed by atoms with Gasteiger partial charge in [-0.1, -0.05) is 18.2 Å². The van der Waals surface area contributed by atoms with E-state index in [1.54, 1.807) is 31.5 Å². The van der Waals surface area contributed by atoms with Crippen molar-refractivity contribution in [1.29, 1.82) is 0 Å². The van der Waals surface area contributed by atoms with Gasteiger partial charge in [0, 0.05) is 18.0 Å². The van der Waals surface area contributed by atoms with E-state index in [2.05, 4.69) is 25.9 Å². The van der Waals surface area contributed by atoms with Crippen molar-refractivity contribution < 1.29 is 9.59 Å². The van der Waals surface area contributed by atoms with E-state index in [9.17, 15) is 9.59 Å². The highest BCUT2D eigenvalue weighted by Crippen LogP contribution is 2.29. The monoisotopic (exact) mass is 345 g/mol. The van der Waals surface area contributed by atoms with Gasteiger partial charge in [0.05, 0.1) is 18.2 Å². The second-order valence-corrected chi connectivity index (χ2v) is 5.56. The zero-order chi connectivity index (χ0) is 15.0. The molecule has 0 bridgehead atoms. The molecule has 1 aliphatic heterocycles. The van der Waals surface area contributed by atoms with Gasteiger partial charge in [-0.05, 0) is 34.5 Å². The topological polar surface area (TPSA) is 63.2 Å². The van der Waals surface area contributed by atoms with Crippen molar-refractivity contribution in [3.05, 3.63) is 58.1 Å². The van der Waals surface area contributed by atoms with E-state index in [0.29, 0.717) is 15.9 Å². The molecule has 1 aromatic carbocycles. The first kappa shape index (κ1) is 13.9. The summed E-state index contributed by atoms with van der Waals surface area (Å²) < 4.78 is 0.539. The fraction of sp³-hybridized carbons (Fsp3) is 0.200. The molecule has 0 N–H and O–H groups in total. The molecule has 1 aromatic heterocycles. The largest absolute Gasteiger partial charge is 0.274 e.